The second-order valence-corrected chi connectivity index (χ2v) is 7.38. The van der Waals surface area contributed by atoms with E-state index < -0.39 is 6.36 Å². The summed E-state index contributed by atoms with van der Waals surface area (Å²) >= 11 is 0. The molecule has 0 saturated carbocycles. The highest BCUT2D eigenvalue weighted by Crippen LogP contribution is 2.33. The first-order valence-corrected chi connectivity index (χ1v) is 9.94. The molecule has 1 fully saturated rings. The van der Waals surface area contributed by atoms with Crippen LogP contribution in [0.2, 0.25) is 0 Å². The molecule has 1 aromatic heterocycles. The highest BCUT2D eigenvalue weighted by molar-refractivity contribution is 5.79. The number of carbonyl (C=O) groups excluding carboxylic acids is 1. The first kappa shape index (κ1) is 22.4. The molecular formula is C22H20F3N3O5. The molecule has 11 heteroatoms. The van der Waals surface area contributed by atoms with Crippen LogP contribution in [0, 0.1) is 0 Å². The predicted molar refractivity (Wildman–Crippen MR) is 109 cm³/mol. The Morgan fingerprint density at radius 2 is 1.82 bits per heavy atom. The van der Waals surface area contributed by atoms with Gasteiger partial charge in [-0.05, 0) is 42.5 Å². The van der Waals surface area contributed by atoms with Gasteiger partial charge in [0.2, 0.25) is 17.6 Å². The van der Waals surface area contributed by atoms with E-state index in [1.165, 1.54) is 24.3 Å². The molecular weight excluding hydrogens is 443 g/mol. The second kappa shape index (κ2) is 9.00. The Bertz CT molecular complexity index is 1130. The number of amides is 1. The third-order valence-corrected chi connectivity index (χ3v) is 5.20. The van der Waals surface area contributed by atoms with Crippen molar-refractivity contribution >= 4 is 5.91 Å². The van der Waals surface area contributed by atoms with E-state index in [9.17, 15) is 18.0 Å². The summed E-state index contributed by atoms with van der Waals surface area (Å²) in [5.41, 5.74) is 1.26. The van der Waals surface area contributed by atoms with Crippen LogP contribution < -0.4 is 14.2 Å². The summed E-state index contributed by atoms with van der Waals surface area (Å²) in [7, 11) is 3.12. The number of halogens is 3. The zero-order valence-electron chi connectivity index (χ0n) is 17.8. The minimum atomic E-state index is -4.77. The van der Waals surface area contributed by atoms with Crippen molar-refractivity contribution in [1.82, 2.24) is 15.0 Å². The van der Waals surface area contributed by atoms with Crippen molar-refractivity contribution in [3.8, 4) is 28.6 Å². The van der Waals surface area contributed by atoms with Gasteiger partial charge in [-0.3, -0.25) is 4.79 Å². The van der Waals surface area contributed by atoms with Crippen molar-refractivity contribution in [2.75, 3.05) is 20.8 Å². The van der Waals surface area contributed by atoms with E-state index in [0.29, 0.717) is 30.2 Å². The third-order valence-electron chi connectivity index (χ3n) is 5.20. The number of rotatable bonds is 7. The first-order valence-electron chi connectivity index (χ1n) is 9.94. The summed E-state index contributed by atoms with van der Waals surface area (Å²) in [6.07, 6.45) is -4.57. The highest BCUT2D eigenvalue weighted by Gasteiger charge is 2.35. The minimum absolute atomic E-state index is 0.0710. The first-order chi connectivity index (χ1) is 15.8. The maximum Gasteiger partial charge on any atom is 0.573 e. The normalized spacial score (nSPS) is 16.2. The largest absolute Gasteiger partial charge is 0.573 e. The van der Waals surface area contributed by atoms with Crippen molar-refractivity contribution in [2.24, 2.45) is 0 Å². The smallest absolute Gasteiger partial charge is 0.497 e. The fourth-order valence-electron chi connectivity index (χ4n) is 3.63. The van der Waals surface area contributed by atoms with Crippen LogP contribution in [0.5, 0.6) is 17.2 Å². The molecule has 33 heavy (non-hydrogen) atoms. The number of benzene rings is 2. The number of aromatic nitrogens is 2. The lowest BCUT2D eigenvalue weighted by Crippen LogP contribution is -2.24. The van der Waals surface area contributed by atoms with Crippen LogP contribution in [0.1, 0.15) is 23.8 Å². The van der Waals surface area contributed by atoms with Gasteiger partial charge < -0.3 is 23.6 Å². The molecule has 0 radical (unpaired) electrons. The van der Waals surface area contributed by atoms with Gasteiger partial charge in [0.1, 0.15) is 17.2 Å². The SMILES string of the molecule is COc1ccc(OC)c(CN2CC(c3nc(-c4ccc(OC(F)(F)F)cc4)no3)CC2=O)c1. The van der Waals surface area contributed by atoms with Crippen molar-refractivity contribution in [3.05, 3.63) is 53.9 Å². The van der Waals surface area contributed by atoms with Gasteiger partial charge in [-0.15, -0.1) is 13.2 Å². The number of ether oxygens (including phenoxy) is 3. The maximum atomic E-state index is 12.6. The van der Waals surface area contributed by atoms with E-state index in [4.69, 9.17) is 14.0 Å². The Labute approximate surface area is 186 Å². The van der Waals surface area contributed by atoms with Crippen molar-refractivity contribution in [1.29, 1.82) is 0 Å². The summed E-state index contributed by atoms with van der Waals surface area (Å²) in [4.78, 5) is 18.6. The molecule has 0 N–H and O–H groups in total. The molecule has 1 saturated heterocycles. The van der Waals surface area contributed by atoms with E-state index in [0.717, 1.165) is 5.56 Å². The van der Waals surface area contributed by atoms with E-state index in [-0.39, 0.29) is 35.7 Å². The topological polar surface area (TPSA) is 86.9 Å². The number of alkyl halides is 3. The summed E-state index contributed by atoms with van der Waals surface area (Å²) in [5.74, 6) is 1.08. The fraction of sp³-hybridized carbons (Fsp3) is 0.318. The Hall–Kier alpha value is -3.76. The van der Waals surface area contributed by atoms with Crippen LogP contribution in [0.4, 0.5) is 13.2 Å². The van der Waals surface area contributed by atoms with Crippen LogP contribution in [0.25, 0.3) is 11.4 Å². The van der Waals surface area contributed by atoms with E-state index in [1.54, 1.807) is 31.3 Å². The van der Waals surface area contributed by atoms with Crippen LogP contribution >= 0.6 is 0 Å². The Balaban J connectivity index is 1.45. The van der Waals surface area contributed by atoms with Gasteiger partial charge in [-0.2, -0.15) is 4.98 Å². The monoisotopic (exact) mass is 463 g/mol. The standard InChI is InChI=1S/C22H20F3N3O5/c1-30-17-7-8-18(31-2)14(9-17)11-28-12-15(10-19(28)29)21-26-20(27-33-21)13-3-5-16(6-4-13)32-22(23,24)25/h3-9,15H,10-12H2,1-2H3. The molecule has 0 bridgehead atoms. The molecule has 2 aromatic carbocycles. The average Bonchev–Trinajstić information content (AvgIpc) is 3.40. The van der Waals surface area contributed by atoms with Gasteiger partial charge in [0.25, 0.3) is 0 Å². The number of methoxy groups -OCH3 is 2. The summed E-state index contributed by atoms with van der Waals surface area (Å²) in [5, 5.41) is 3.90. The van der Waals surface area contributed by atoms with Gasteiger partial charge >= 0.3 is 6.36 Å². The summed E-state index contributed by atoms with van der Waals surface area (Å²) in [6.45, 7) is 0.705. The Kier molecular flexibility index (Phi) is 6.12. The van der Waals surface area contributed by atoms with Crippen molar-refractivity contribution in [3.63, 3.8) is 0 Å². The fourth-order valence-corrected chi connectivity index (χ4v) is 3.63. The van der Waals surface area contributed by atoms with Gasteiger partial charge in [0.15, 0.2) is 0 Å². The van der Waals surface area contributed by atoms with Gasteiger partial charge in [0.05, 0.1) is 20.1 Å². The summed E-state index contributed by atoms with van der Waals surface area (Å²) in [6, 6.07) is 10.5. The molecule has 1 amide bonds. The van der Waals surface area contributed by atoms with Crippen LogP contribution in [0.15, 0.2) is 47.0 Å². The van der Waals surface area contributed by atoms with E-state index >= 15 is 0 Å². The zero-order chi connectivity index (χ0) is 23.6. The number of hydrogen-bond acceptors (Lipinski definition) is 7. The molecule has 1 unspecified atom stereocenters. The lowest BCUT2D eigenvalue weighted by Gasteiger charge is -2.18. The Morgan fingerprint density at radius 3 is 2.48 bits per heavy atom. The average molecular weight is 463 g/mol. The van der Waals surface area contributed by atoms with Crippen LogP contribution in [-0.2, 0) is 11.3 Å². The summed E-state index contributed by atoms with van der Waals surface area (Å²) < 4.78 is 56.8. The molecule has 8 nitrogen and oxygen atoms in total. The Morgan fingerprint density at radius 1 is 1.09 bits per heavy atom. The molecule has 1 atom stereocenters. The molecule has 4 rings (SSSR count). The van der Waals surface area contributed by atoms with Crippen molar-refractivity contribution < 1.29 is 36.7 Å². The number of nitrogens with zero attached hydrogens (tertiary/aromatic N) is 3. The second-order valence-electron chi connectivity index (χ2n) is 7.38. The number of likely N-dealkylation sites (tertiary alicyclic amines) is 1. The van der Waals surface area contributed by atoms with Crippen molar-refractivity contribution in [2.45, 2.75) is 25.2 Å². The quantitative estimate of drug-likeness (QED) is 0.520. The lowest BCUT2D eigenvalue weighted by atomic mass is 10.1. The predicted octanol–water partition coefficient (Wildman–Crippen LogP) is 4.17. The lowest BCUT2D eigenvalue weighted by molar-refractivity contribution is -0.274. The van der Waals surface area contributed by atoms with E-state index in [2.05, 4.69) is 14.9 Å². The molecule has 0 aliphatic carbocycles. The van der Waals surface area contributed by atoms with E-state index in [1.807, 2.05) is 6.07 Å². The number of carbonyl (C=O) groups is 1. The highest BCUT2D eigenvalue weighted by atomic mass is 19.4. The van der Waals surface area contributed by atoms with Gasteiger partial charge in [0, 0.05) is 30.6 Å². The minimum Gasteiger partial charge on any atom is -0.497 e. The zero-order valence-corrected chi connectivity index (χ0v) is 17.8. The molecule has 174 valence electrons. The molecule has 1 aliphatic heterocycles. The molecule has 1 aliphatic rings. The van der Waals surface area contributed by atoms with Crippen LogP contribution in [-0.4, -0.2) is 48.1 Å². The third kappa shape index (κ3) is 5.18. The molecule has 0 spiro atoms. The molecule has 3 aromatic rings. The van der Waals surface area contributed by atoms with Gasteiger partial charge in [-0.1, -0.05) is 5.16 Å². The number of hydrogen-bond donors (Lipinski definition) is 0. The maximum absolute atomic E-state index is 12.6. The van der Waals surface area contributed by atoms with Gasteiger partial charge in [-0.25, -0.2) is 0 Å². The van der Waals surface area contributed by atoms with Crippen LogP contribution in [0.3, 0.4) is 0 Å². The molecule has 2 heterocycles.